The topological polar surface area (TPSA) is 102 Å². The number of nitrogens with zero attached hydrogens (tertiary/aromatic N) is 1. The molecule has 0 aliphatic carbocycles. The Hall–Kier alpha value is -1.67. The summed E-state index contributed by atoms with van der Waals surface area (Å²) in [4.78, 5) is 35.5. The van der Waals surface area contributed by atoms with Crippen LogP contribution >= 0.6 is 0 Å². The van der Waals surface area contributed by atoms with Crippen LogP contribution in [0.5, 0.6) is 0 Å². The average Bonchev–Trinajstić information content (AvgIpc) is 2.49. The van der Waals surface area contributed by atoms with Gasteiger partial charge < -0.3 is 24.2 Å². The Morgan fingerprint density at radius 1 is 1.18 bits per heavy atom. The average molecular weight is 317 g/mol. The van der Waals surface area contributed by atoms with E-state index >= 15 is 0 Å². The number of hydrogen-bond acceptors (Lipinski definition) is 6. The van der Waals surface area contributed by atoms with Gasteiger partial charge in [-0.05, 0) is 19.8 Å². The van der Waals surface area contributed by atoms with Crippen molar-refractivity contribution in [1.82, 2.24) is 4.90 Å². The second kappa shape index (κ2) is 9.37. The molecule has 0 unspecified atom stereocenters. The summed E-state index contributed by atoms with van der Waals surface area (Å²) in [7, 11) is 1.37. The molecule has 0 saturated carbocycles. The van der Waals surface area contributed by atoms with Crippen molar-refractivity contribution < 1.29 is 33.7 Å². The quantitative estimate of drug-likeness (QED) is 0.493. The van der Waals surface area contributed by atoms with Crippen molar-refractivity contribution in [3.8, 4) is 0 Å². The van der Waals surface area contributed by atoms with Crippen LogP contribution in [0.3, 0.4) is 0 Å². The number of likely N-dealkylation sites (tertiary alicyclic amines) is 1. The lowest BCUT2D eigenvalue weighted by Crippen LogP contribution is -2.47. The first-order chi connectivity index (χ1) is 10.5. The zero-order valence-electron chi connectivity index (χ0n) is 12.9. The standard InChI is InChI=1S/C14H23NO7/c1-10-7-11(14(19)20-2)3-4-15(10)12(16)8-21-5-6-22-9-13(17)18/h10-11H,3-9H2,1-2H3,(H,17,18)/t10-,11-/m0/s1. The minimum Gasteiger partial charge on any atom is -0.480 e. The highest BCUT2D eigenvalue weighted by molar-refractivity contribution is 5.78. The third-order valence-corrected chi connectivity index (χ3v) is 3.55. The Balaban J connectivity index is 2.23. The molecule has 0 aromatic rings. The number of esters is 1. The first-order valence-corrected chi connectivity index (χ1v) is 7.20. The number of piperidine rings is 1. The van der Waals surface area contributed by atoms with Gasteiger partial charge in [0.05, 0.1) is 26.2 Å². The molecule has 1 rings (SSSR count). The fourth-order valence-electron chi connectivity index (χ4n) is 2.44. The Morgan fingerprint density at radius 3 is 2.36 bits per heavy atom. The summed E-state index contributed by atoms with van der Waals surface area (Å²) >= 11 is 0. The molecule has 1 aliphatic rings. The number of rotatable bonds is 8. The fraction of sp³-hybridized carbons (Fsp3) is 0.786. The molecule has 1 N–H and O–H groups in total. The first kappa shape index (κ1) is 18.4. The van der Waals surface area contributed by atoms with Gasteiger partial charge in [-0.1, -0.05) is 0 Å². The van der Waals surface area contributed by atoms with Gasteiger partial charge in [0, 0.05) is 12.6 Å². The van der Waals surface area contributed by atoms with Crippen LogP contribution in [0.15, 0.2) is 0 Å². The number of carbonyl (C=O) groups is 3. The summed E-state index contributed by atoms with van der Waals surface area (Å²) in [6.45, 7) is 2.21. The molecule has 22 heavy (non-hydrogen) atoms. The van der Waals surface area contributed by atoms with Crippen LogP contribution in [0.4, 0.5) is 0 Å². The van der Waals surface area contributed by atoms with Gasteiger partial charge >= 0.3 is 11.9 Å². The molecule has 1 saturated heterocycles. The van der Waals surface area contributed by atoms with Gasteiger partial charge in [0.2, 0.25) is 5.91 Å². The van der Waals surface area contributed by atoms with Crippen LogP contribution in [0.1, 0.15) is 19.8 Å². The van der Waals surface area contributed by atoms with E-state index in [2.05, 4.69) is 0 Å². The van der Waals surface area contributed by atoms with E-state index in [1.165, 1.54) is 7.11 Å². The first-order valence-electron chi connectivity index (χ1n) is 7.20. The molecule has 0 spiro atoms. The minimum atomic E-state index is -1.04. The van der Waals surface area contributed by atoms with Crippen LogP contribution < -0.4 is 0 Å². The highest BCUT2D eigenvalue weighted by Gasteiger charge is 2.32. The second-order valence-electron chi connectivity index (χ2n) is 5.18. The third kappa shape index (κ3) is 5.98. The third-order valence-electron chi connectivity index (χ3n) is 3.55. The summed E-state index contributed by atoms with van der Waals surface area (Å²) in [5, 5.41) is 8.38. The molecular formula is C14H23NO7. The van der Waals surface area contributed by atoms with E-state index in [9.17, 15) is 14.4 Å². The molecule has 0 aromatic heterocycles. The molecule has 2 atom stereocenters. The summed E-state index contributed by atoms with van der Waals surface area (Å²) in [5.74, 6) is -1.58. The van der Waals surface area contributed by atoms with Crippen molar-refractivity contribution in [2.75, 3.05) is 40.1 Å². The van der Waals surface area contributed by atoms with E-state index in [1.807, 2.05) is 6.92 Å². The maximum Gasteiger partial charge on any atom is 0.329 e. The van der Waals surface area contributed by atoms with Gasteiger partial charge in [-0.25, -0.2) is 4.79 Å². The Morgan fingerprint density at radius 2 is 1.82 bits per heavy atom. The van der Waals surface area contributed by atoms with Crippen molar-refractivity contribution in [3.05, 3.63) is 0 Å². The normalized spacial score (nSPS) is 21.5. The number of carboxylic acids is 1. The molecule has 1 amide bonds. The van der Waals surface area contributed by atoms with Gasteiger partial charge in [-0.3, -0.25) is 9.59 Å². The lowest BCUT2D eigenvalue weighted by molar-refractivity contribution is -0.151. The summed E-state index contributed by atoms with van der Waals surface area (Å²) < 4.78 is 14.7. The maximum absolute atomic E-state index is 12.0. The van der Waals surface area contributed by atoms with Gasteiger partial charge in [-0.2, -0.15) is 0 Å². The van der Waals surface area contributed by atoms with E-state index in [4.69, 9.17) is 19.3 Å². The zero-order valence-corrected chi connectivity index (χ0v) is 12.9. The molecule has 8 heteroatoms. The lowest BCUT2D eigenvalue weighted by atomic mass is 9.91. The maximum atomic E-state index is 12.0. The molecule has 0 bridgehead atoms. The van der Waals surface area contributed by atoms with Crippen molar-refractivity contribution in [3.63, 3.8) is 0 Å². The Labute approximate surface area is 129 Å². The molecule has 1 aliphatic heterocycles. The summed E-state index contributed by atoms with van der Waals surface area (Å²) in [5.41, 5.74) is 0. The highest BCUT2D eigenvalue weighted by atomic mass is 16.5. The highest BCUT2D eigenvalue weighted by Crippen LogP contribution is 2.23. The van der Waals surface area contributed by atoms with E-state index in [-0.39, 0.29) is 50.3 Å². The minimum absolute atomic E-state index is 0.0442. The number of carboxylic acid groups (broad SMARTS) is 1. The SMILES string of the molecule is COC(=O)[C@H]1CCN(C(=O)COCCOCC(=O)O)[C@@H](C)C1. The molecule has 0 radical (unpaired) electrons. The lowest BCUT2D eigenvalue weighted by Gasteiger charge is -2.36. The van der Waals surface area contributed by atoms with Crippen LogP contribution in [-0.2, 0) is 28.6 Å². The van der Waals surface area contributed by atoms with Crippen molar-refractivity contribution in [1.29, 1.82) is 0 Å². The van der Waals surface area contributed by atoms with E-state index in [1.54, 1.807) is 4.90 Å². The number of ether oxygens (including phenoxy) is 3. The fourth-order valence-corrected chi connectivity index (χ4v) is 2.44. The van der Waals surface area contributed by atoms with Crippen molar-refractivity contribution in [2.24, 2.45) is 5.92 Å². The number of amides is 1. The Bertz CT molecular complexity index is 399. The van der Waals surface area contributed by atoms with Gasteiger partial charge in [0.15, 0.2) is 0 Å². The predicted molar refractivity (Wildman–Crippen MR) is 75.2 cm³/mol. The van der Waals surface area contributed by atoms with Gasteiger partial charge in [-0.15, -0.1) is 0 Å². The predicted octanol–water partition coefficient (Wildman–Crippen LogP) is -0.0957. The molecule has 1 fully saturated rings. The number of hydrogen-bond donors (Lipinski definition) is 1. The molecule has 1 heterocycles. The zero-order chi connectivity index (χ0) is 16.5. The van der Waals surface area contributed by atoms with Crippen molar-refractivity contribution in [2.45, 2.75) is 25.8 Å². The number of methoxy groups -OCH3 is 1. The molecule has 0 aromatic carbocycles. The largest absolute Gasteiger partial charge is 0.480 e. The van der Waals surface area contributed by atoms with Crippen LogP contribution in [0.2, 0.25) is 0 Å². The number of aliphatic carboxylic acids is 1. The molecule has 126 valence electrons. The monoisotopic (exact) mass is 317 g/mol. The second-order valence-corrected chi connectivity index (χ2v) is 5.18. The van der Waals surface area contributed by atoms with Crippen LogP contribution in [0.25, 0.3) is 0 Å². The molecular weight excluding hydrogens is 294 g/mol. The summed E-state index contributed by atoms with van der Waals surface area (Å²) in [6, 6.07) is -0.0442. The van der Waals surface area contributed by atoms with E-state index in [0.29, 0.717) is 19.4 Å². The van der Waals surface area contributed by atoms with Crippen LogP contribution in [0, 0.1) is 5.92 Å². The van der Waals surface area contributed by atoms with Gasteiger partial charge in [0.25, 0.3) is 0 Å². The smallest absolute Gasteiger partial charge is 0.329 e. The van der Waals surface area contributed by atoms with E-state index < -0.39 is 5.97 Å². The van der Waals surface area contributed by atoms with E-state index in [0.717, 1.165) is 0 Å². The Kier molecular flexibility index (Phi) is 7.83. The van der Waals surface area contributed by atoms with Crippen LogP contribution in [-0.4, -0.2) is 74.0 Å². The number of carbonyl (C=O) groups excluding carboxylic acids is 2. The van der Waals surface area contributed by atoms with Gasteiger partial charge in [0.1, 0.15) is 13.2 Å². The molecule has 8 nitrogen and oxygen atoms in total. The summed E-state index contributed by atoms with van der Waals surface area (Å²) in [6.07, 6.45) is 1.17. The van der Waals surface area contributed by atoms with Crippen molar-refractivity contribution >= 4 is 17.8 Å².